The lowest BCUT2D eigenvalue weighted by atomic mass is 9.83. The third-order valence-electron chi connectivity index (χ3n) is 3.52. The van der Waals surface area contributed by atoms with Crippen molar-refractivity contribution in [3.05, 3.63) is 29.8 Å². The van der Waals surface area contributed by atoms with Gasteiger partial charge in [-0.2, -0.15) is 0 Å². The van der Waals surface area contributed by atoms with Crippen LogP contribution in [0.1, 0.15) is 49.4 Å². The Morgan fingerprint density at radius 2 is 2.00 bits per heavy atom. The number of anilines is 1. The predicted molar refractivity (Wildman–Crippen MR) is 69.8 cm³/mol. The summed E-state index contributed by atoms with van der Waals surface area (Å²) in [5.41, 5.74) is 6.92. The number of nitrogens with one attached hydrogen (secondary N) is 1. The van der Waals surface area contributed by atoms with Crippen molar-refractivity contribution in [1.82, 2.24) is 5.32 Å². The molecule has 3 heteroatoms. The summed E-state index contributed by atoms with van der Waals surface area (Å²) in [7, 11) is 0. The number of rotatable bonds is 2. The fraction of sp³-hybridized carbons (Fsp3) is 0.500. The van der Waals surface area contributed by atoms with Gasteiger partial charge in [0.15, 0.2) is 0 Å². The van der Waals surface area contributed by atoms with Crippen molar-refractivity contribution in [3.63, 3.8) is 0 Å². The van der Waals surface area contributed by atoms with Crippen LogP contribution in [0.3, 0.4) is 0 Å². The van der Waals surface area contributed by atoms with Crippen LogP contribution >= 0.6 is 0 Å². The molecule has 0 unspecified atom stereocenters. The Bertz CT molecular complexity index is 408. The maximum atomic E-state index is 12.1. The maximum absolute atomic E-state index is 12.1. The maximum Gasteiger partial charge on any atom is 0.251 e. The summed E-state index contributed by atoms with van der Waals surface area (Å²) in [4.78, 5) is 12.1. The SMILES string of the molecule is CC1(NC(=O)c2cccc(N)c2)CCCCC1. The van der Waals surface area contributed by atoms with Crippen molar-refractivity contribution in [2.75, 3.05) is 5.73 Å². The molecule has 0 saturated heterocycles. The third kappa shape index (κ3) is 2.99. The minimum Gasteiger partial charge on any atom is -0.399 e. The van der Waals surface area contributed by atoms with E-state index >= 15 is 0 Å². The standard InChI is InChI=1S/C14H20N2O/c1-14(8-3-2-4-9-14)16-13(17)11-6-5-7-12(15)10-11/h5-7,10H,2-4,8-9,15H2,1H3,(H,16,17). The van der Waals surface area contributed by atoms with Gasteiger partial charge in [0.2, 0.25) is 0 Å². The zero-order valence-corrected chi connectivity index (χ0v) is 10.3. The van der Waals surface area contributed by atoms with Gasteiger partial charge in [-0.3, -0.25) is 4.79 Å². The van der Waals surface area contributed by atoms with E-state index in [-0.39, 0.29) is 11.4 Å². The average molecular weight is 232 g/mol. The van der Waals surface area contributed by atoms with Crippen LogP contribution in [0.15, 0.2) is 24.3 Å². The quantitative estimate of drug-likeness (QED) is 0.770. The lowest BCUT2D eigenvalue weighted by molar-refractivity contribution is 0.0883. The molecule has 3 nitrogen and oxygen atoms in total. The molecule has 3 N–H and O–H groups in total. The number of amides is 1. The summed E-state index contributed by atoms with van der Waals surface area (Å²) in [5, 5.41) is 3.14. The summed E-state index contributed by atoms with van der Waals surface area (Å²) < 4.78 is 0. The van der Waals surface area contributed by atoms with E-state index in [4.69, 9.17) is 5.73 Å². The smallest absolute Gasteiger partial charge is 0.251 e. The Kier molecular flexibility index (Phi) is 3.36. The van der Waals surface area contributed by atoms with Crippen LogP contribution in [0, 0.1) is 0 Å². The predicted octanol–water partition coefficient (Wildman–Crippen LogP) is 2.72. The van der Waals surface area contributed by atoms with E-state index in [0.29, 0.717) is 11.3 Å². The second-order valence-electron chi connectivity index (χ2n) is 5.20. The Hall–Kier alpha value is -1.51. The first kappa shape index (κ1) is 12.0. The Morgan fingerprint density at radius 3 is 2.65 bits per heavy atom. The molecule has 0 bridgehead atoms. The molecule has 0 atom stereocenters. The first-order chi connectivity index (χ1) is 8.09. The van der Waals surface area contributed by atoms with Crippen molar-refractivity contribution < 1.29 is 4.79 Å². The molecule has 1 saturated carbocycles. The molecule has 0 heterocycles. The van der Waals surface area contributed by atoms with Gasteiger partial charge in [-0.25, -0.2) is 0 Å². The minimum atomic E-state index is -0.0417. The fourth-order valence-corrected chi connectivity index (χ4v) is 2.48. The van der Waals surface area contributed by atoms with Crippen LogP contribution < -0.4 is 11.1 Å². The van der Waals surface area contributed by atoms with Gasteiger partial charge in [0.05, 0.1) is 0 Å². The highest BCUT2D eigenvalue weighted by Crippen LogP contribution is 2.27. The monoisotopic (exact) mass is 232 g/mol. The normalized spacial score (nSPS) is 18.6. The molecule has 0 spiro atoms. The highest BCUT2D eigenvalue weighted by molar-refractivity contribution is 5.95. The van der Waals surface area contributed by atoms with Crippen LogP contribution in [0.25, 0.3) is 0 Å². The zero-order valence-electron chi connectivity index (χ0n) is 10.3. The lowest BCUT2D eigenvalue weighted by Gasteiger charge is -2.34. The first-order valence-electron chi connectivity index (χ1n) is 6.27. The fourth-order valence-electron chi connectivity index (χ4n) is 2.48. The van der Waals surface area contributed by atoms with Crippen LogP contribution in [-0.4, -0.2) is 11.4 Å². The third-order valence-corrected chi connectivity index (χ3v) is 3.52. The van der Waals surface area contributed by atoms with Crippen molar-refractivity contribution in [2.45, 2.75) is 44.6 Å². The number of nitrogens with two attached hydrogens (primary N) is 1. The summed E-state index contributed by atoms with van der Waals surface area (Å²) >= 11 is 0. The van der Waals surface area contributed by atoms with Gasteiger partial charge < -0.3 is 11.1 Å². The minimum absolute atomic E-state index is 0.0123. The van der Waals surface area contributed by atoms with Gasteiger partial charge in [-0.1, -0.05) is 25.3 Å². The summed E-state index contributed by atoms with van der Waals surface area (Å²) in [6, 6.07) is 7.13. The number of benzene rings is 1. The molecular weight excluding hydrogens is 212 g/mol. The second-order valence-corrected chi connectivity index (χ2v) is 5.20. The van der Waals surface area contributed by atoms with Crippen LogP contribution in [0.5, 0.6) is 0 Å². The van der Waals surface area contributed by atoms with E-state index in [9.17, 15) is 4.79 Å². The Balaban J connectivity index is 2.06. The Morgan fingerprint density at radius 1 is 1.29 bits per heavy atom. The van der Waals surface area contributed by atoms with E-state index in [1.807, 2.05) is 6.07 Å². The number of nitrogen functional groups attached to an aromatic ring is 1. The lowest BCUT2D eigenvalue weighted by Crippen LogP contribution is -2.47. The molecular formula is C14H20N2O. The van der Waals surface area contributed by atoms with Crippen LogP contribution in [-0.2, 0) is 0 Å². The van der Waals surface area contributed by atoms with Crippen molar-refractivity contribution in [3.8, 4) is 0 Å². The topological polar surface area (TPSA) is 55.1 Å². The zero-order chi connectivity index (χ0) is 12.3. The highest BCUT2D eigenvalue weighted by atomic mass is 16.1. The highest BCUT2D eigenvalue weighted by Gasteiger charge is 2.28. The molecule has 0 aromatic heterocycles. The van der Waals surface area contributed by atoms with Gasteiger partial charge in [-0.05, 0) is 38.0 Å². The Labute approximate surface area is 102 Å². The molecule has 1 fully saturated rings. The molecule has 1 aliphatic carbocycles. The van der Waals surface area contributed by atoms with Gasteiger partial charge >= 0.3 is 0 Å². The van der Waals surface area contributed by atoms with E-state index < -0.39 is 0 Å². The number of carbonyl (C=O) groups is 1. The second kappa shape index (κ2) is 4.78. The van der Waals surface area contributed by atoms with Crippen LogP contribution in [0.4, 0.5) is 5.69 Å². The van der Waals surface area contributed by atoms with Gasteiger partial charge in [-0.15, -0.1) is 0 Å². The van der Waals surface area contributed by atoms with E-state index in [2.05, 4.69) is 12.2 Å². The first-order valence-corrected chi connectivity index (χ1v) is 6.27. The molecule has 92 valence electrons. The summed E-state index contributed by atoms with van der Waals surface area (Å²) in [5.74, 6) is -0.0123. The molecule has 0 aliphatic heterocycles. The largest absolute Gasteiger partial charge is 0.399 e. The number of hydrogen-bond donors (Lipinski definition) is 2. The average Bonchev–Trinajstić information content (AvgIpc) is 2.29. The summed E-state index contributed by atoms with van der Waals surface area (Å²) in [6.45, 7) is 2.14. The molecule has 2 rings (SSSR count). The van der Waals surface area contributed by atoms with E-state index in [1.165, 1.54) is 19.3 Å². The van der Waals surface area contributed by atoms with Crippen molar-refractivity contribution >= 4 is 11.6 Å². The molecule has 0 radical (unpaired) electrons. The molecule has 1 amide bonds. The van der Waals surface area contributed by atoms with Gasteiger partial charge in [0, 0.05) is 16.8 Å². The van der Waals surface area contributed by atoms with Crippen molar-refractivity contribution in [2.24, 2.45) is 0 Å². The van der Waals surface area contributed by atoms with Crippen LogP contribution in [0.2, 0.25) is 0 Å². The molecule has 17 heavy (non-hydrogen) atoms. The van der Waals surface area contributed by atoms with Gasteiger partial charge in [0.25, 0.3) is 5.91 Å². The van der Waals surface area contributed by atoms with E-state index in [1.54, 1.807) is 18.2 Å². The van der Waals surface area contributed by atoms with Crippen molar-refractivity contribution in [1.29, 1.82) is 0 Å². The molecule has 1 aliphatic rings. The number of hydrogen-bond acceptors (Lipinski definition) is 2. The summed E-state index contributed by atoms with van der Waals surface area (Å²) in [6.07, 6.45) is 5.83. The molecule has 1 aromatic carbocycles. The van der Waals surface area contributed by atoms with E-state index in [0.717, 1.165) is 12.8 Å². The van der Waals surface area contributed by atoms with Gasteiger partial charge in [0.1, 0.15) is 0 Å². The molecule has 1 aromatic rings. The number of carbonyl (C=O) groups excluding carboxylic acids is 1.